The number of thiol groups is 1. The minimum atomic E-state index is 0.0752. The summed E-state index contributed by atoms with van der Waals surface area (Å²) in [6.45, 7) is 13.0. The summed E-state index contributed by atoms with van der Waals surface area (Å²) in [6, 6.07) is 15.6. The van der Waals surface area contributed by atoms with E-state index in [-0.39, 0.29) is 5.41 Å². The second kappa shape index (κ2) is 22.6. The van der Waals surface area contributed by atoms with Crippen molar-refractivity contribution in [1.29, 1.82) is 0 Å². The van der Waals surface area contributed by atoms with Crippen molar-refractivity contribution >= 4 is 34.2 Å². The summed E-state index contributed by atoms with van der Waals surface area (Å²) >= 11 is 3.53. The standard InChI is InChI=1S/C40H62O2.CH4S/c1-6-8-10-12-14-16-18-20-24-30-41-38-34-26-22-23-27-35(34)39(37-32-33(40(3,4)5)28-29-36(37)38)42-31-25-21-19-17-15-13-11-9-7-2;1-2/h22-23,26-29,32H,6-21,24-25,30-31H2,1-5H3;2H,1H3. The Morgan fingerprint density at radius 2 is 0.841 bits per heavy atom. The fourth-order valence-electron chi connectivity index (χ4n) is 6.05. The van der Waals surface area contributed by atoms with Crippen LogP contribution in [0.5, 0.6) is 11.5 Å². The molecule has 3 heteroatoms. The van der Waals surface area contributed by atoms with Crippen molar-refractivity contribution in [1.82, 2.24) is 0 Å². The van der Waals surface area contributed by atoms with Gasteiger partial charge in [-0.3, -0.25) is 0 Å². The molecule has 0 amide bonds. The number of hydrogen-bond acceptors (Lipinski definition) is 3. The van der Waals surface area contributed by atoms with Crippen LogP contribution in [0.15, 0.2) is 42.5 Å². The Balaban J connectivity index is 0.00000330. The minimum absolute atomic E-state index is 0.0752. The third-order valence-corrected chi connectivity index (χ3v) is 8.78. The van der Waals surface area contributed by atoms with E-state index in [4.69, 9.17) is 9.47 Å². The molecule has 248 valence electrons. The summed E-state index contributed by atoms with van der Waals surface area (Å²) in [6.07, 6.45) is 25.5. The van der Waals surface area contributed by atoms with Crippen molar-refractivity contribution in [3.63, 3.8) is 0 Å². The van der Waals surface area contributed by atoms with Gasteiger partial charge in [-0.1, -0.05) is 174 Å². The first-order chi connectivity index (χ1) is 21.5. The molecule has 0 aromatic heterocycles. The van der Waals surface area contributed by atoms with Crippen LogP contribution in [0.3, 0.4) is 0 Å². The highest BCUT2D eigenvalue weighted by Crippen LogP contribution is 2.44. The van der Waals surface area contributed by atoms with E-state index in [1.54, 1.807) is 6.26 Å². The molecule has 0 radical (unpaired) electrons. The van der Waals surface area contributed by atoms with Crippen LogP contribution in [0.4, 0.5) is 0 Å². The fourth-order valence-corrected chi connectivity index (χ4v) is 6.05. The average Bonchev–Trinajstić information content (AvgIpc) is 3.03. The summed E-state index contributed by atoms with van der Waals surface area (Å²) in [5, 5.41) is 4.72. The largest absolute Gasteiger partial charge is 0.492 e. The van der Waals surface area contributed by atoms with Crippen molar-refractivity contribution in [2.24, 2.45) is 0 Å². The van der Waals surface area contributed by atoms with Gasteiger partial charge >= 0.3 is 0 Å². The van der Waals surface area contributed by atoms with Gasteiger partial charge < -0.3 is 9.47 Å². The second-order valence-electron chi connectivity index (χ2n) is 13.6. The third kappa shape index (κ3) is 13.2. The molecule has 0 fully saturated rings. The summed E-state index contributed by atoms with van der Waals surface area (Å²) in [4.78, 5) is 0. The van der Waals surface area contributed by atoms with E-state index in [0.29, 0.717) is 0 Å². The van der Waals surface area contributed by atoms with E-state index < -0.39 is 0 Å². The average molecular weight is 623 g/mol. The van der Waals surface area contributed by atoms with Crippen molar-refractivity contribution < 1.29 is 9.47 Å². The Labute approximate surface area is 277 Å². The van der Waals surface area contributed by atoms with Gasteiger partial charge in [-0.25, -0.2) is 0 Å². The van der Waals surface area contributed by atoms with Crippen molar-refractivity contribution in [3.8, 4) is 11.5 Å². The van der Waals surface area contributed by atoms with Gasteiger partial charge in [0.25, 0.3) is 0 Å². The topological polar surface area (TPSA) is 18.5 Å². The van der Waals surface area contributed by atoms with Crippen molar-refractivity contribution in [2.45, 2.75) is 156 Å². The minimum Gasteiger partial charge on any atom is -0.492 e. The molecule has 44 heavy (non-hydrogen) atoms. The Morgan fingerprint density at radius 1 is 0.477 bits per heavy atom. The Morgan fingerprint density at radius 3 is 1.25 bits per heavy atom. The van der Waals surface area contributed by atoms with Gasteiger partial charge in [0.15, 0.2) is 0 Å². The van der Waals surface area contributed by atoms with Gasteiger partial charge in [-0.05, 0) is 36.1 Å². The van der Waals surface area contributed by atoms with Crippen LogP contribution < -0.4 is 9.47 Å². The molecule has 3 rings (SSSR count). The van der Waals surface area contributed by atoms with Crippen LogP contribution in [0.1, 0.15) is 156 Å². The molecule has 0 aliphatic carbocycles. The first-order valence-electron chi connectivity index (χ1n) is 18.2. The van der Waals surface area contributed by atoms with E-state index in [0.717, 1.165) is 37.6 Å². The van der Waals surface area contributed by atoms with E-state index in [1.165, 1.54) is 130 Å². The van der Waals surface area contributed by atoms with E-state index in [2.05, 4.69) is 89.7 Å². The highest BCUT2D eigenvalue weighted by atomic mass is 32.1. The fraction of sp³-hybridized carbons (Fsp3) is 0.659. The molecule has 0 spiro atoms. The molecule has 0 atom stereocenters. The van der Waals surface area contributed by atoms with Gasteiger partial charge in [-0.15, -0.1) is 0 Å². The van der Waals surface area contributed by atoms with Gasteiger partial charge in [0, 0.05) is 21.5 Å². The van der Waals surface area contributed by atoms with Gasteiger partial charge in [0.2, 0.25) is 0 Å². The molecule has 3 aromatic carbocycles. The lowest BCUT2D eigenvalue weighted by atomic mass is 9.85. The highest BCUT2D eigenvalue weighted by Gasteiger charge is 2.20. The summed E-state index contributed by atoms with van der Waals surface area (Å²) in [5.74, 6) is 2.05. The maximum atomic E-state index is 6.66. The normalized spacial score (nSPS) is 11.5. The van der Waals surface area contributed by atoms with E-state index >= 15 is 0 Å². The van der Waals surface area contributed by atoms with Gasteiger partial charge in [0.1, 0.15) is 11.5 Å². The third-order valence-electron chi connectivity index (χ3n) is 8.78. The lowest BCUT2D eigenvalue weighted by Crippen LogP contribution is -2.11. The molecular formula is C41H66O2S. The molecule has 0 saturated carbocycles. The first-order valence-corrected chi connectivity index (χ1v) is 19.1. The maximum Gasteiger partial charge on any atom is 0.135 e. The molecule has 0 bridgehead atoms. The molecule has 0 unspecified atom stereocenters. The van der Waals surface area contributed by atoms with Crippen LogP contribution in [-0.4, -0.2) is 19.5 Å². The molecule has 0 saturated heterocycles. The maximum absolute atomic E-state index is 6.66. The van der Waals surface area contributed by atoms with E-state index in [9.17, 15) is 0 Å². The van der Waals surface area contributed by atoms with Gasteiger partial charge in [0.05, 0.1) is 13.2 Å². The predicted molar refractivity (Wildman–Crippen MR) is 201 cm³/mol. The highest BCUT2D eigenvalue weighted by molar-refractivity contribution is 7.79. The molecule has 0 aliphatic rings. The molecule has 3 aromatic rings. The monoisotopic (exact) mass is 622 g/mol. The number of benzene rings is 3. The summed E-state index contributed by atoms with van der Waals surface area (Å²) in [5.41, 5.74) is 1.41. The van der Waals surface area contributed by atoms with Crippen LogP contribution in [-0.2, 0) is 5.41 Å². The zero-order valence-electron chi connectivity index (χ0n) is 29.4. The second-order valence-corrected chi connectivity index (χ2v) is 13.6. The molecule has 2 nitrogen and oxygen atoms in total. The van der Waals surface area contributed by atoms with Gasteiger partial charge in [-0.2, -0.15) is 12.6 Å². The Hall–Kier alpha value is -1.87. The number of ether oxygens (including phenoxy) is 2. The SMILES string of the molecule is CCCCCCCCCCCOc1c2ccccc2c(OCCCCCCCCCCC)c2cc(C(C)(C)C)ccc12.CS. The van der Waals surface area contributed by atoms with Crippen molar-refractivity contribution in [2.75, 3.05) is 19.5 Å². The Kier molecular flexibility index (Phi) is 19.7. The van der Waals surface area contributed by atoms with Crippen LogP contribution in [0, 0.1) is 0 Å². The smallest absolute Gasteiger partial charge is 0.135 e. The molecule has 0 N–H and O–H groups in total. The number of rotatable bonds is 22. The quantitative estimate of drug-likeness (QED) is 0.0682. The predicted octanol–water partition coefficient (Wildman–Crippen LogP) is 13.7. The van der Waals surface area contributed by atoms with Crippen LogP contribution in [0.2, 0.25) is 0 Å². The summed E-state index contributed by atoms with van der Waals surface area (Å²) < 4.78 is 13.3. The van der Waals surface area contributed by atoms with Crippen LogP contribution in [0.25, 0.3) is 21.5 Å². The molecular weight excluding hydrogens is 557 g/mol. The number of unbranched alkanes of at least 4 members (excludes halogenated alkanes) is 16. The lowest BCUT2D eigenvalue weighted by Gasteiger charge is -2.22. The Bertz CT molecular complexity index is 1160. The lowest BCUT2D eigenvalue weighted by molar-refractivity contribution is 0.306. The number of fused-ring (bicyclic) bond motifs is 2. The zero-order chi connectivity index (χ0) is 32.0. The molecule has 0 heterocycles. The van der Waals surface area contributed by atoms with E-state index in [1.807, 2.05) is 0 Å². The number of hydrogen-bond donors (Lipinski definition) is 1. The van der Waals surface area contributed by atoms with Crippen molar-refractivity contribution in [3.05, 3.63) is 48.0 Å². The zero-order valence-corrected chi connectivity index (χ0v) is 30.3. The molecule has 0 aliphatic heterocycles. The first kappa shape index (κ1) is 38.3. The summed E-state index contributed by atoms with van der Waals surface area (Å²) in [7, 11) is 0. The van der Waals surface area contributed by atoms with Crippen LogP contribution >= 0.6 is 12.6 Å².